The average molecular weight is 291 g/mol. The second-order valence-corrected chi connectivity index (χ2v) is 6.45. The first kappa shape index (κ1) is 12.7. The van der Waals surface area contributed by atoms with Crippen LogP contribution in [0, 0.1) is 0 Å². The zero-order valence-corrected chi connectivity index (χ0v) is 12.1. The summed E-state index contributed by atoms with van der Waals surface area (Å²) in [4.78, 5) is 17.6. The largest absolute Gasteiger partial charge is 0.465 e. The minimum Gasteiger partial charge on any atom is -0.465 e. The Balaban J connectivity index is 1.97. The van der Waals surface area contributed by atoms with Crippen molar-refractivity contribution in [3.63, 3.8) is 0 Å². The van der Waals surface area contributed by atoms with Gasteiger partial charge in [0.1, 0.15) is 5.01 Å². The van der Waals surface area contributed by atoms with Gasteiger partial charge in [0.05, 0.1) is 18.4 Å². The van der Waals surface area contributed by atoms with Crippen molar-refractivity contribution in [3.8, 4) is 10.6 Å². The molecule has 0 bridgehead atoms. The van der Waals surface area contributed by atoms with Gasteiger partial charge in [-0.2, -0.15) is 11.8 Å². The second kappa shape index (κ2) is 5.35. The number of ether oxygens (including phenoxy) is 1. The van der Waals surface area contributed by atoms with E-state index in [1.807, 2.05) is 30.0 Å². The van der Waals surface area contributed by atoms with E-state index in [0.717, 1.165) is 28.5 Å². The van der Waals surface area contributed by atoms with Crippen LogP contribution >= 0.6 is 23.1 Å². The molecule has 1 aliphatic rings. The maximum absolute atomic E-state index is 11.5. The molecule has 0 amide bonds. The number of esters is 1. The van der Waals surface area contributed by atoms with Crippen LogP contribution in [0.2, 0.25) is 0 Å². The summed E-state index contributed by atoms with van der Waals surface area (Å²) in [6, 6.07) is 7.47. The van der Waals surface area contributed by atoms with E-state index in [2.05, 4.69) is 0 Å². The van der Waals surface area contributed by atoms with E-state index in [1.54, 1.807) is 17.4 Å². The molecule has 0 aliphatic carbocycles. The van der Waals surface area contributed by atoms with Crippen molar-refractivity contribution in [1.82, 2.24) is 4.98 Å². The van der Waals surface area contributed by atoms with Gasteiger partial charge < -0.3 is 4.74 Å². The molecule has 1 aromatic carbocycles. The van der Waals surface area contributed by atoms with Crippen LogP contribution in [0.5, 0.6) is 0 Å². The Morgan fingerprint density at radius 1 is 1.42 bits per heavy atom. The lowest BCUT2D eigenvalue weighted by Gasteiger charge is -2.06. The number of methoxy groups -OCH3 is 1. The van der Waals surface area contributed by atoms with E-state index in [1.165, 1.54) is 17.7 Å². The molecule has 2 heterocycles. The third-order valence-electron chi connectivity index (χ3n) is 3.03. The highest BCUT2D eigenvalue weighted by atomic mass is 32.2. The molecular formula is C14H13NO2S2. The molecule has 2 aromatic rings. The zero-order valence-electron chi connectivity index (χ0n) is 10.5. The molecule has 19 heavy (non-hydrogen) atoms. The summed E-state index contributed by atoms with van der Waals surface area (Å²) in [6.45, 7) is 0. The predicted molar refractivity (Wildman–Crippen MR) is 78.8 cm³/mol. The normalized spacial score (nSPS) is 13.9. The summed E-state index contributed by atoms with van der Waals surface area (Å²) in [7, 11) is 1.40. The molecule has 0 N–H and O–H groups in total. The molecule has 1 aromatic heterocycles. The van der Waals surface area contributed by atoms with Crippen molar-refractivity contribution in [2.24, 2.45) is 0 Å². The summed E-state index contributed by atoms with van der Waals surface area (Å²) >= 11 is 3.69. The Hall–Kier alpha value is -1.33. The van der Waals surface area contributed by atoms with E-state index in [0.29, 0.717) is 5.56 Å². The van der Waals surface area contributed by atoms with E-state index in [4.69, 9.17) is 9.72 Å². The van der Waals surface area contributed by atoms with Gasteiger partial charge in [0, 0.05) is 16.2 Å². The lowest BCUT2D eigenvalue weighted by atomic mass is 10.1. The van der Waals surface area contributed by atoms with E-state index in [9.17, 15) is 4.79 Å². The Morgan fingerprint density at radius 2 is 2.32 bits per heavy atom. The average Bonchev–Trinajstić information content (AvgIpc) is 2.90. The lowest BCUT2D eigenvalue weighted by Crippen LogP contribution is -2.01. The predicted octanol–water partition coefficient (Wildman–Crippen LogP) is 3.39. The fraction of sp³-hybridized carbons (Fsp3) is 0.286. The van der Waals surface area contributed by atoms with Gasteiger partial charge in [0.15, 0.2) is 0 Å². The standard InChI is InChI=1S/C14H13NO2S2/c1-17-14(16)10-4-2-3-9(7-10)13-15-11-5-6-18-8-12(11)19-13/h2-4,7H,5-6,8H2,1H3. The number of nitrogens with zero attached hydrogens (tertiary/aromatic N) is 1. The Kier molecular flexibility index (Phi) is 3.57. The molecular weight excluding hydrogens is 278 g/mol. The molecule has 5 heteroatoms. The molecule has 98 valence electrons. The molecule has 0 atom stereocenters. The van der Waals surface area contributed by atoms with Crippen LogP contribution in [-0.4, -0.2) is 23.8 Å². The number of thiazole rings is 1. The van der Waals surface area contributed by atoms with Crippen molar-refractivity contribution in [1.29, 1.82) is 0 Å². The van der Waals surface area contributed by atoms with Gasteiger partial charge in [-0.3, -0.25) is 0 Å². The van der Waals surface area contributed by atoms with E-state index in [-0.39, 0.29) is 5.97 Å². The number of hydrogen-bond acceptors (Lipinski definition) is 5. The van der Waals surface area contributed by atoms with Crippen LogP contribution in [0.15, 0.2) is 24.3 Å². The minimum atomic E-state index is -0.307. The molecule has 3 nitrogen and oxygen atoms in total. The topological polar surface area (TPSA) is 39.2 Å². The van der Waals surface area contributed by atoms with Gasteiger partial charge in [-0.15, -0.1) is 11.3 Å². The van der Waals surface area contributed by atoms with Gasteiger partial charge in [-0.05, 0) is 24.3 Å². The minimum absolute atomic E-state index is 0.307. The number of carbonyl (C=O) groups excluding carboxylic acids is 1. The summed E-state index contributed by atoms with van der Waals surface area (Å²) in [5, 5.41) is 0.998. The van der Waals surface area contributed by atoms with Crippen LogP contribution in [0.3, 0.4) is 0 Å². The molecule has 0 saturated carbocycles. The smallest absolute Gasteiger partial charge is 0.337 e. The maximum atomic E-state index is 11.5. The fourth-order valence-corrected chi connectivity index (χ4v) is 4.26. The summed E-state index contributed by atoms with van der Waals surface area (Å²) < 4.78 is 4.75. The van der Waals surface area contributed by atoms with E-state index < -0.39 is 0 Å². The van der Waals surface area contributed by atoms with Gasteiger partial charge in [-0.1, -0.05) is 12.1 Å². The van der Waals surface area contributed by atoms with Crippen molar-refractivity contribution in [2.75, 3.05) is 12.9 Å². The number of rotatable bonds is 2. The molecule has 3 rings (SSSR count). The lowest BCUT2D eigenvalue weighted by molar-refractivity contribution is 0.0601. The highest BCUT2D eigenvalue weighted by Crippen LogP contribution is 2.34. The number of hydrogen-bond donors (Lipinski definition) is 0. The number of aryl methyl sites for hydroxylation is 1. The molecule has 0 spiro atoms. The molecule has 1 aliphatic heterocycles. The summed E-state index contributed by atoms with van der Waals surface area (Å²) in [5.74, 6) is 1.90. The number of thioether (sulfide) groups is 1. The first-order valence-electron chi connectivity index (χ1n) is 6.03. The van der Waals surface area contributed by atoms with Crippen LogP contribution in [-0.2, 0) is 16.9 Å². The number of fused-ring (bicyclic) bond motifs is 1. The van der Waals surface area contributed by atoms with Crippen LogP contribution in [0.4, 0.5) is 0 Å². The van der Waals surface area contributed by atoms with Crippen molar-refractivity contribution in [3.05, 3.63) is 40.4 Å². The summed E-state index contributed by atoms with van der Waals surface area (Å²) in [5.41, 5.74) is 2.79. The molecule has 0 unspecified atom stereocenters. The first-order valence-corrected chi connectivity index (χ1v) is 8.00. The van der Waals surface area contributed by atoms with Crippen molar-refractivity contribution >= 4 is 29.1 Å². The quantitative estimate of drug-likeness (QED) is 0.795. The van der Waals surface area contributed by atoms with Crippen molar-refractivity contribution in [2.45, 2.75) is 12.2 Å². The van der Waals surface area contributed by atoms with Crippen LogP contribution in [0.1, 0.15) is 20.9 Å². The number of benzene rings is 1. The maximum Gasteiger partial charge on any atom is 0.337 e. The highest BCUT2D eigenvalue weighted by Gasteiger charge is 2.17. The Labute approximate surface area is 120 Å². The third-order valence-corrected chi connectivity index (χ3v) is 5.34. The second-order valence-electron chi connectivity index (χ2n) is 4.26. The monoisotopic (exact) mass is 291 g/mol. The van der Waals surface area contributed by atoms with Gasteiger partial charge in [-0.25, -0.2) is 9.78 Å². The van der Waals surface area contributed by atoms with E-state index >= 15 is 0 Å². The Morgan fingerprint density at radius 3 is 3.11 bits per heavy atom. The fourth-order valence-electron chi connectivity index (χ4n) is 2.05. The SMILES string of the molecule is COC(=O)c1cccc(-c2nc3c(s2)CSCC3)c1. The van der Waals surface area contributed by atoms with Gasteiger partial charge in [0.25, 0.3) is 0 Å². The number of carbonyl (C=O) groups is 1. The highest BCUT2D eigenvalue weighted by molar-refractivity contribution is 7.98. The van der Waals surface area contributed by atoms with Crippen LogP contribution < -0.4 is 0 Å². The first-order chi connectivity index (χ1) is 9.28. The number of aromatic nitrogens is 1. The molecule has 0 radical (unpaired) electrons. The zero-order chi connectivity index (χ0) is 13.2. The summed E-state index contributed by atoms with van der Waals surface area (Å²) in [6.07, 6.45) is 1.05. The van der Waals surface area contributed by atoms with Crippen LogP contribution in [0.25, 0.3) is 10.6 Å². The molecule has 0 saturated heterocycles. The van der Waals surface area contributed by atoms with Gasteiger partial charge >= 0.3 is 5.97 Å². The molecule has 0 fully saturated rings. The van der Waals surface area contributed by atoms with Crippen molar-refractivity contribution < 1.29 is 9.53 Å². The van der Waals surface area contributed by atoms with Gasteiger partial charge in [0.2, 0.25) is 0 Å². The third kappa shape index (κ3) is 2.53. The Bertz CT molecular complexity index is 598.